The first-order valence-electron chi connectivity index (χ1n) is 14.0. The molecular weight excluding hydrogens is 562 g/mol. The highest BCUT2D eigenvalue weighted by atomic mass is 35.5. The zero-order chi connectivity index (χ0) is 29.3. The van der Waals surface area contributed by atoms with E-state index in [9.17, 15) is 13.2 Å². The number of aromatic nitrogens is 2. The van der Waals surface area contributed by atoms with E-state index >= 15 is 0 Å². The zero-order valence-electron chi connectivity index (χ0n) is 23.7. The van der Waals surface area contributed by atoms with E-state index in [1.54, 1.807) is 38.1 Å². The minimum absolute atomic E-state index is 0.0373. The van der Waals surface area contributed by atoms with Crippen molar-refractivity contribution >= 4 is 50.4 Å². The van der Waals surface area contributed by atoms with E-state index in [-0.39, 0.29) is 39.5 Å². The second kappa shape index (κ2) is 12.0. The molecule has 2 heterocycles. The monoisotopic (exact) mass is 597 g/mol. The minimum atomic E-state index is -3.56. The van der Waals surface area contributed by atoms with Gasteiger partial charge in [-0.3, -0.25) is 4.79 Å². The van der Waals surface area contributed by atoms with Gasteiger partial charge in [-0.15, -0.1) is 0 Å². The lowest BCUT2D eigenvalue weighted by atomic mass is 9.84. The molecule has 9 nitrogen and oxygen atoms in total. The number of fused-ring (bicyclic) bond motifs is 1. The number of carbonyl (C=O) groups excluding carboxylic acids is 1. The smallest absolute Gasteiger partial charge is 0.229 e. The summed E-state index contributed by atoms with van der Waals surface area (Å²) in [5, 5.41) is 9.33. The average molecular weight is 598 g/mol. The molecule has 3 N–H and O–H groups in total. The van der Waals surface area contributed by atoms with Gasteiger partial charge >= 0.3 is 0 Å². The number of sulfone groups is 1. The predicted octanol–water partition coefficient (Wildman–Crippen LogP) is 5.94. The summed E-state index contributed by atoms with van der Waals surface area (Å²) in [6.07, 6.45) is 4.18. The van der Waals surface area contributed by atoms with E-state index in [4.69, 9.17) is 16.3 Å². The molecule has 1 unspecified atom stereocenters. The molecule has 0 amide bonds. The Labute approximate surface area is 246 Å². The standard InChI is InChI=1S/C30H36ClN5O4S/c1-17(2)40-26-13-20-12-21(19-8-7-11-32-15-19)28(37)22(20)14-25(26)35-30-33-16-23(31)29(36-30)34-24-9-5-6-10-27(24)41(38,39)18(3)4/h5-6,9-10,13-14,16-19,21,32H,7-8,11-12,15H2,1-4H3,(H2,33,34,35,36)/t19-,21?/m1/s1. The van der Waals surface area contributed by atoms with Gasteiger partial charge in [-0.25, -0.2) is 13.4 Å². The summed E-state index contributed by atoms with van der Waals surface area (Å²) in [4.78, 5) is 22.5. The van der Waals surface area contributed by atoms with Crippen molar-refractivity contribution in [3.8, 4) is 5.75 Å². The number of rotatable bonds is 9. The summed E-state index contributed by atoms with van der Waals surface area (Å²) in [6.45, 7) is 9.03. The number of anilines is 4. The van der Waals surface area contributed by atoms with Gasteiger partial charge in [0.2, 0.25) is 5.95 Å². The topological polar surface area (TPSA) is 122 Å². The van der Waals surface area contributed by atoms with E-state index < -0.39 is 15.1 Å². The van der Waals surface area contributed by atoms with Gasteiger partial charge in [0.15, 0.2) is 21.4 Å². The molecule has 2 aromatic carbocycles. The molecule has 0 radical (unpaired) electrons. The van der Waals surface area contributed by atoms with Gasteiger partial charge in [-0.1, -0.05) is 23.7 Å². The van der Waals surface area contributed by atoms with E-state index in [0.717, 1.165) is 31.5 Å². The molecule has 3 aromatic rings. The molecule has 1 fully saturated rings. The summed E-state index contributed by atoms with van der Waals surface area (Å²) in [7, 11) is -3.56. The van der Waals surface area contributed by atoms with E-state index in [1.165, 1.54) is 6.20 Å². The van der Waals surface area contributed by atoms with Crippen molar-refractivity contribution in [1.82, 2.24) is 15.3 Å². The van der Waals surface area contributed by atoms with Crippen LogP contribution in [0.4, 0.5) is 23.1 Å². The molecule has 218 valence electrons. The highest BCUT2D eigenvalue weighted by molar-refractivity contribution is 7.92. The van der Waals surface area contributed by atoms with E-state index in [2.05, 4.69) is 25.9 Å². The van der Waals surface area contributed by atoms with E-state index in [0.29, 0.717) is 35.0 Å². The van der Waals surface area contributed by atoms with Gasteiger partial charge in [0.1, 0.15) is 10.8 Å². The van der Waals surface area contributed by atoms with Crippen molar-refractivity contribution in [3.63, 3.8) is 0 Å². The van der Waals surface area contributed by atoms with Gasteiger partial charge < -0.3 is 20.7 Å². The Kier molecular flexibility index (Phi) is 8.54. The second-order valence-electron chi connectivity index (χ2n) is 11.2. The van der Waals surface area contributed by atoms with Crippen molar-refractivity contribution in [3.05, 3.63) is 58.7 Å². The molecule has 0 spiro atoms. The van der Waals surface area contributed by atoms with Crippen LogP contribution >= 0.6 is 11.6 Å². The van der Waals surface area contributed by atoms with Crippen LogP contribution in [0.25, 0.3) is 0 Å². The molecule has 5 rings (SSSR count). The molecule has 1 saturated heterocycles. The van der Waals surface area contributed by atoms with Crippen LogP contribution in [0.5, 0.6) is 5.75 Å². The largest absolute Gasteiger partial charge is 0.489 e. The first-order chi connectivity index (χ1) is 19.5. The maximum absolute atomic E-state index is 13.5. The fourth-order valence-corrected chi connectivity index (χ4v) is 6.78. The van der Waals surface area contributed by atoms with E-state index in [1.807, 2.05) is 26.0 Å². The molecule has 0 bridgehead atoms. The molecular formula is C30H36ClN5O4S. The number of piperidine rings is 1. The van der Waals surface area contributed by atoms with Crippen LogP contribution in [0, 0.1) is 11.8 Å². The first kappa shape index (κ1) is 29.3. The highest BCUT2D eigenvalue weighted by Gasteiger charge is 2.37. The lowest BCUT2D eigenvalue weighted by molar-refractivity contribution is 0.0877. The fraction of sp³-hybridized carbons (Fsp3) is 0.433. The summed E-state index contributed by atoms with van der Waals surface area (Å²) in [6, 6.07) is 10.4. The Morgan fingerprint density at radius 3 is 2.59 bits per heavy atom. The Morgan fingerprint density at radius 1 is 1.10 bits per heavy atom. The van der Waals surface area contributed by atoms with Crippen molar-refractivity contribution in [1.29, 1.82) is 0 Å². The Hall–Kier alpha value is -3.21. The van der Waals surface area contributed by atoms with Crippen LogP contribution in [-0.4, -0.2) is 48.6 Å². The fourth-order valence-electron chi connectivity index (χ4n) is 5.44. The predicted molar refractivity (Wildman–Crippen MR) is 162 cm³/mol. The number of halogens is 1. The van der Waals surface area contributed by atoms with Crippen molar-refractivity contribution in [2.45, 2.75) is 63.2 Å². The maximum atomic E-state index is 13.5. The number of Topliss-reactive ketones (excluding diaryl/α,β-unsaturated/α-hetero) is 1. The molecule has 1 aliphatic heterocycles. The molecule has 2 aliphatic rings. The lowest BCUT2D eigenvalue weighted by Crippen LogP contribution is -2.36. The third kappa shape index (κ3) is 6.19. The van der Waals surface area contributed by atoms with Crippen LogP contribution in [0.15, 0.2) is 47.5 Å². The quantitative estimate of drug-likeness (QED) is 0.275. The minimum Gasteiger partial charge on any atom is -0.489 e. The number of ether oxygens (including phenoxy) is 1. The second-order valence-corrected chi connectivity index (χ2v) is 14.1. The molecule has 2 atom stereocenters. The van der Waals surface area contributed by atoms with Crippen LogP contribution in [-0.2, 0) is 16.3 Å². The lowest BCUT2D eigenvalue weighted by Gasteiger charge is -2.26. The van der Waals surface area contributed by atoms with Gasteiger partial charge in [-0.2, -0.15) is 4.98 Å². The molecule has 0 saturated carbocycles. The van der Waals surface area contributed by atoms with Crippen LogP contribution in [0.1, 0.15) is 56.5 Å². The summed E-state index contributed by atoms with van der Waals surface area (Å²) >= 11 is 6.42. The average Bonchev–Trinajstić information content (AvgIpc) is 3.26. The van der Waals surface area contributed by atoms with Crippen molar-refractivity contribution in [2.24, 2.45) is 11.8 Å². The number of hydrogen-bond acceptors (Lipinski definition) is 9. The number of ketones is 1. The number of para-hydroxylation sites is 1. The van der Waals surface area contributed by atoms with Gasteiger partial charge in [0.05, 0.1) is 33.8 Å². The Morgan fingerprint density at radius 2 is 1.88 bits per heavy atom. The normalized spacial score (nSPS) is 19.0. The molecule has 41 heavy (non-hydrogen) atoms. The number of nitrogens with one attached hydrogen (secondary N) is 3. The molecule has 11 heteroatoms. The van der Waals surface area contributed by atoms with Crippen LogP contribution in [0.3, 0.4) is 0 Å². The highest BCUT2D eigenvalue weighted by Crippen LogP contribution is 2.40. The number of benzene rings is 2. The Balaban J connectivity index is 1.45. The SMILES string of the molecule is CC(C)Oc1cc2c(cc1Nc1ncc(Cl)c(Nc3ccccc3S(=O)(=O)C(C)C)n1)C(=O)C([C@@H]1CCCNC1)C2. The van der Waals surface area contributed by atoms with Crippen molar-refractivity contribution in [2.75, 3.05) is 23.7 Å². The number of nitrogens with zero attached hydrogens (tertiary/aromatic N) is 2. The van der Waals surface area contributed by atoms with Gasteiger partial charge in [-0.05, 0) is 95.8 Å². The number of carbonyl (C=O) groups is 1. The third-order valence-electron chi connectivity index (χ3n) is 7.57. The summed E-state index contributed by atoms with van der Waals surface area (Å²) in [5.41, 5.74) is 2.63. The van der Waals surface area contributed by atoms with Crippen LogP contribution in [0.2, 0.25) is 5.02 Å². The third-order valence-corrected chi connectivity index (χ3v) is 10.1. The zero-order valence-corrected chi connectivity index (χ0v) is 25.3. The first-order valence-corrected chi connectivity index (χ1v) is 15.9. The Bertz CT molecular complexity index is 1550. The summed E-state index contributed by atoms with van der Waals surface area (Å²) in [5.74, 6) is 1.51. The van der Waals surface area contributed by atoms with Gasteiger partial charge in [0, 0.05) is 11.5 Å². The number of hydrogen-bond donors (Lipinski definition) is 3. The molecule has 1 aromatic heterocycles. The van der Waals surface area contributed by atoms with Crippen molar-refractivity contribution < 1.29 is 17.9 Å². The van der Waals surface area contributed by atoms with Crippen LogP contribution < -0.4 is 20.7 Å². The summed E-state index contributed by atoms with van der Waals surface area (Å²) < 4.78 is 32.0. The van der Waals surface area contributed by atoms with Gasteiger partial charge in [0.25, 0.3) is 0 Å². The molecule has 1 aliphatic carbocycles. The maximum Gasteiger partial charge on any atom is 0.229 e.